The molecule has 0 radical (unpaired) electrons. The number of nitrogens with zero attached hydrogens (tertiary/aromatic N) is 3. The van der Waals surface area contributed by atoms with Crippen LogP contribution >= 0.6 is 23.1 Å². The monoisotopic (exact) mass is 474 g/mol. The van der Waals surface area contributed by atoms with E-state index in [4.69, 9.17) is 5.73 Å². The largest absolute Gasteiger partial charge is 0.368 e. The van der Waals surface area contributed by atoms with Crippen molar-refractivity contribution in [3.63, 3.8) is 0 Å². The highest BCUT2D eigenvalue weighted by molar-refractivity contribution is 8.00. The average Bonchev–Trinajstić information content (AvgIpc) is 3.27. The number of nitrogens with two attached hydrogens (primary N) is 1. The standard InChI is InChI=1S/C25H22N4O2S2/c1-15-6-8-16(9-7-15)19-12-32-24-22(19)25(28-14-27-24)33-13-21(30)29-11-18-5-3-2-4-17(18)10-20(29)23(26)31/h2-9,12,14,20H,10-11,13H2,1H3,(H2,26,31). The summed E-state index contributed by atoms with van der Waals surface area (Å²) >= 11 is 2.94. The zero-order chi connectivity index (χ0) is 22.9. The first-order chi connectivity index (χ1) is 16.0. The first-order valence-corrected chi connectivity index (χ1v) is 12.5. The molecule has 2 aromatic heterocycles. The maximum atomic E-state index is 13.2. The van der Waals surface area contributed by atoms with Gasteiger partial charge in [0.1, 0.15) is 22.2 Å². The van der Waals surface area contributed by atoms with Gasteiger partial charge in [-0.25, -0.2) is 9.97 Å². The first-order valence-electron chi connectivity index (χ1n) is 10.6. The van der Waals surface area contributed by atoms with Gasteiger partial charge in [0.15, 0.2) is 0 Å². The van der Waals surface area contributed by atoms with Gasteiger partial charge < -0.3 is 10.6 Å². The molecule has 1 atom stereocenters. The number of rotatable bonds is 5. The number of aryl methyl sites for hydroxylation is 1. The summed E-state index contributed by atoms with van der Waals surface area (Å²) < 4.78 is 0. The van der Waals surface area contributed by atoms with Gasteiger partial charge in [0.2, 0.25) is 11.8 Å². The summed E-state index contributed by atoms with van der Waals surface area (Å²) in [4.78, 5) is 36.7. The average molecular weight is 475 g/mol. The van der Waals surface area contributed by atoms with Gasteiger partial charge in [0, 0.05) is 23.9 Å². The van der Waals surface area contributed by atoms with Crippen LogP contribution in [0.2, 0.25) is 0 Å². The second-order valence-electron chi connectivity index (χ2n) is 8.08. The van der Waals surface area contributed by atoms with Crippen LogP contribution in [-0.4, -0.2) is 38.5 Å². The van der Waals surface area contributed by atoms with E-state index in [1.54, 1.807) is 16.2 Å². The number of fused-ring (bicyclic) bond motifs is 2. The number of hydrogen-bond donors (Lipinski definition) is 1. The topological polar surface area (TPSA) is 89.2 Å². The second kappa shape index (κ2) is 8.96. The number of hydrogen-bond acceptors (Lipinski definition) is 6. The molecule has 1 aliphatic rings. The molecule has 6 nitrogen and oxygen atoms in total. The van der Waals surface area contributed by atoms with Crippen LogP contribution in [0, 0.1) is 6.92 Å². The van der Waals surface area contributed by atoms with Crippen molar-refractivity contribution >= 4 is 45.1 Å². The number of primary amides is 1. The van der Waals surface area contributed by atoms with Crippen molar-refractivity contribution in [2.45, 2.75) is 31.0 Å². The van der Waals surface area contributed by atoms with E-state index in [0.29, 0.717) is 13.0 Å². The van der Waals surface area contributed by atoms with Gasteiger partial charge in [-0.3, -0.25) is 9.59 Å². The lowest BCUT2D eigenvalue weighted by molar-refractivity contribution is -0.138. The van der Waals surface area contributed by atoms with Gasteiger partial charge in [-0.15, -0.1) is 11.3 Å². The van der Waals surface area contributed by atoms with E-state index in [1.165, 1.54) is 23.7 Å². The smallest absolute Gasteiger partial charge is 0.240 e. The Hall–Kier alpha value is -3.23. The molecule has 0 aliphatic carbocycles. The Morgan fingerprint density at radius 3 is 2.64 bits per heavy atom. The molecule has 0 saturated heterocycles. The van der Waals surface area contributed by atoms with Gasteiger partial charge in [0.05, 0.1) is 11.1 Å². The van der Waals surface area contributed by atoms with E-state index in [-0.39, 0.29) is 11.7 Å². The Kier molecular flexibility index (Phi) is 5.86. The maximum absolute atomic E-state index is 13.2. The predicted molar refractivity (Wildman–Crippen MR) is 132 cm³/mol. The van der Waals surface area contributed by atoms with Crippen molar-refractivity contribution in [1.82, 2.24) is 14.9 Å². The third kappa shape index (κ3) is 4.24. The van der Waals surface area contributed by atoms with E-state index in [1.807, 2.05) is 24.3 Å². The van der Waals surface area contributed by atoms with Gasteiger partial charge in [-0.1, -0.05) is 65.9 Å². The fraction of sp³-hybridized carbons (Fsp3) is 0.200. The minimum absolute atomic E-state index is 0.128. The number of aromatic nitrogens is 2. The molecule has 2 N–H and O–H groups in total. The molecule has 0 bridgehead atoms. The molecule has 3 heterocycles. The summed E-state index contributed by atoms with van der Waals surface area (Å²) in [5.41, 5.74) is 11.1. The molecule has 0 saturated carbocycles. The zero-order valence-electron chi connectivity index (χ0n) is 18.0. The SMILES string of the molecule is Cc1ccc(-c2csc3ncnc(SCC(=O)N4Cc5ccccc5CC4C(N)=O)c23)cc1. The van der Waals surface area contributed by atoms with Crippen LogP contribution in [0.1, 0.15) is 16.7 Å². The molecule has 4 aromatic rings. The molecule has 5 rings (SSSR count). The lowest BCUT2D eigenvalue weighted by Crippen LogP contribution is -2.51. The van der Waals surface area contributed by atoms with Crippen molar-refractivity contribution in [2.24, 2.45) is 5.73 Å². The number of thioether (sulfide) groups is 1. The van der Waals surface area contributed by atoms with Crippen molar-refractivity contribution in [3.8, 4) is 11.1 Å². The lowest BCUT2D eigenvalue weighted by Gasteiger charge is -2.35. The summed E-state index contributed by atoms with van der Waals surface area (Å²) in [6.07, 6.45) is 1.98. The molecule has 1 aliphatic heterocycles. The van der Waals surface area contributed by atoms with Crippen LogP contribution in [0.5, 0.6) is 0 Å². The molecule has 2 aromatic carbocycles. The lowest BCUT2D eigenvalue weighted by atomic mass is 9.93. The van der Waals surface area contributed by atoms with Crippen LogP contribution in [0.25, 0.3) is 21.3 Å². The summed E-state index contributed by atoms with van der Waals surface area (Å²) in [6.45, 7) is 2.44. The summed E-state index contributed by atoms with van der Waals surface area (Å²) in [6, 6.07) is 15.6. The highest BCUT2D eigenvalue weighted by atomic mass is 32.2. The van der Waals surface area contributed by atoms with Crippen LogP contribution in [0.3, 0.4) is 0 Å². The number of carbonyl (C=O) groups is 2. The van der Waals surface area contributed by atoms with E-state index >= 15 is 0 Å². The Morgan fingerprint density at radius 2 is 1.88 bits per heavy atom. The summed E-state index contributed by atoms with van der Waals surface area (Å²) in [5, 5.41) is 3.80. The van der Waals surface area contributed by atoms with Crippen molar-refractivity contribution < 1.29 is 9.59 Å². The van der Waals surface area contributed by atoms with Gasteiger partial charge in [0.25, 0.3) is 0 Å². The van der Waals surface area contributed by atoms with Crippen molar-refractivity contribution in [2.75, 3.05) is 5.75 Å². The molecule has 0 spiro atoms. The molecular formula is C25H22N4O2S2. The van der Waals surface area contributed by atoms with E-state index in [2.05, 4.69) is 46.5 Å². The summed E-state index contributed by atoms with van der Waals surface area (Å²) in [5.74, 6) is -0.440. The molecule has 33 heavy (non-hydrogen) atoms. The zero-order valence-corrected chi connectivity index (χ0v) is 19.7. The molecule has 2 amide bonds. The molecule has 166 valence electrons. The number of benzene rings is 2. The fourth-order valence-electron chi connectivity index (χ4n) is 4.15. The molecule has 8 heteroatoms. The third-order valence-electron chi connectivity index (χ3n) is 5.93. The van der Waals surface area contributed by atoms with E-state index in [9.17, 15) is 9.59 Å². The van der Waals surface area contributed by atoms with Crippen LogP contribution in [0.15, 0.2) is 65.3 Å². The summed E-state index contributed by atoms with van der Waals surface area (Å²) in [7, 11) is 0. The fourth-order valence-corrected chi connectivity index (χ4v) is 6.03. The molecular weight excluding hydrogens is 452 g/mol. The Morgan fingerprint density at radius 1 is 1.12 bits per heavy atom. The Labute approximate surface area is 199 Å². The molecule has 1 unspecified atom stereocenters. The normalized spacial score (nSPS) is 15.4. The molecule has 0 fully saturated rings. The predicted octanol–water partition coefficient (Wildman–Crippen LogP) is 4.20. The Balaban J connectivity index is 1.40. The quantitative estimate of drug-likeness (QED) is 0.346. The van der Waals surface area contributed by atoms with Gasteiger partial charge in [-0.2, -0.15) is 0 Å². The van der Waals surface area contributed by atoms with Crippen molar-refractivity contribution in [3.05, 3.63) is 76.9 Å². The van der Waals surface area contributed by atoms with Gasteiger partial charge >= 0.3 is 0 Å². The number of thiophene rings is 1. The maximum Gasteiger partial charge on any atom is 0.240 e. The van der Waals surface area contributed by atoms with E-state index < -0.39 is 11.9 Å². The number of amides is 2. The van der Waals surface area contributed by atoms with Crippen LogP contribution < -0.4 is 5.73 Å². The van der Waals surface area contributed by atoms with E-state index in [0.717, 1.165) is 37.5 Å². The highest BCUT2D eigenvalue weighted by Crippen LogP contribution is 2.38. The first kappa shape index (κ1) is 21.6. The second-order valence-corrected chi connectivity index (χ2v) is 9.90. The minimum Gasteiger partial charge on any atom is -0.368 e. The number of carbonyl (C=O) groups excluding carboxylic acids is 2. The van der Waals surface area contributed by atoms with Gasteiger partial charge in [-0.05, 0) is 23.6 Å². The van der Waals surface area contributed by atoms with Crippen molar-refractivity contribution in [1.29, 1.82) is 0 Å². The van der Waals surface area contributed by atoms with Crippen LogP contribution in [0.4, 0.5) is 0 Å². The Bertz CT molecular complexity index is 1350. The highest BCUT2D eigenvalue weighted by Gasteiger charge is 2.33. The van der Waals surface area contributed by atoms with Crippen LogP contribution in [-0.2, 0) is 22.6 Å². The minimum atomic E-state index is -0.636. The third-order valence-corrected chi connectivity index (χ3v) is 7.79.